The number of rotatable bonds is 14. The van der Waals surface area contributed by atoms with Crippen molar-refractivity contribution in [3.63, 3.8) is 0 Å². The van der Waals surface area contributed by atoms with E-state index in [9.17, 15) is 9.59 Å². The molecule has 0 aromatic heterocycles. The number of benzene rings is 1. The van der Waals surface area contributed by atoms with E-state index in [0.717, 1.165) is 36.7 Å². The molecule has 0 saturated carbocycles. The fourth-order valence-electron chi connectivity index (χ4n) is 4.46. The molecule has 0 spiro atoms. The van der Waals surface area contributed by atoms with Gasteiger partial charge in [0.2, 0.25) is 0 Å². The van der Waals surface area contributed by atoms with Crippen molar-refractivity contribution in [1.82, 2.24) is 0 Å². The number of fused-ring (bicyclic) bond motifs is 1. The highest BCUT2D eigenvalue weighted by molar-refractivity contribution is 6.26. The molecule has 1 aliphatic rings. The molecule has 2 rings (SSSR count). The Morgan fingerprint density at radius 2 is 1.42 bits per heavy atom. The van der Waals surface area contributed by atoms with Gasteiger partial charge in [-0.25, -0.2) is 0 Å². The number of carbonyl (C=O) groups excluding carboxylic acids is 2. The zero-order valence-electron chi connectivity index (χ0n) is 28.2. The van der Waals surface area contributed by atoms with E-state index in [2.05, 4.69) is 27.7 Å². The van der Waals surface area contributed by atoms with Crippen molar-refractivity contribution in [2.24, 2.45) is 17.8 Å². The molecule has 0 radical (unpaired) electrons. The van der Waals surface area contributed by atoms with Gasteiger partial charge in [-0.2, -0.15) is 0 Å². The SMILES string of the molecule is [2H]c1c([2H])c([2H])c2c(c1[2H])C(=O)C(C/C=C(\C)CCCC(C)CCCC(C)CCCC(C)C)=C(C([2H])([2H])[2H])C2=O. The molecule has 0 heterocycles. The second-order valence-electron chi connectivity index (χ2n) is 10.4. The zero-order valence-corrected chi connectivity index (χ0v) is 21.2. The summed E-state index contributed by atoms with van der Waals surface area (Å²) in [5.74, 6) is 0.321. The molecule has 0 amide bonds. The van der Waals surface area contributed by atoms with Crippen molar-refractivity contribution in [2.45, 2.75) is 106 Å². The first-order valence-electron chi connectivity index (χ1n) is 16.2. The lowest BCUT2D eigenvalue weighted by atomic mass is 9.83. The summed E-state index contributed by atoms with van der Waals surface area (Å²) in [5.41, 5.74) is -0.855. The van der Waals surface area contributed by atoms with Gasteiger partial charge in [-0.1, -0.05) is 108 Å². The Labute approximate surface area is 212 Å². The summed E-state index contributed by atoms with van der Waals surface area (Å²) in [4.78, 5) is 26.6. The largest absolute Gasteiger partial charge is 0.289 e. The molecule has 2 nitrogen and oxygen atoms in total. The quantitative estimate of drug-likeness (QED) is 0.261. The third-order valence-corrected chi connectivity index (χ3v) is 6.74. The van der Waals surface area contributed by atoms with E-state index in [1.807, 2.05) is 6.92 Å². The van der Waals surface area contributed by atoms with Gasteiger partial charge in [-0.3, -0.25) is 9.59 Å². The van der Waals surface area contributed by atoms with Crippen LogP contribution in [0, 0.1) is 17.8 Å². The van der Waals surface area contributed by atoms with Gasteiger partial charge >= 0.3 is 0 Å². The standard InChI is InChI=1S/C31H46O2/c1-22(2)12-9-13-23(3)14-10-15-24(4)16-11-17-25(5)20-21-27-26(6)30(32)28-18-7-8-19-29(28)31(27)33/h7-8,18-20,22-24H,9-17,21H2,1-6H3/b25-20+/i6D3,7D,8D,18D,19D. The molecule has 0 aliphatic heterocycles. The molecule has 1 aliphatic carbocycles. The third kappa shape index (κ3) is 8.72. The molecule has 0 N–H and O–H groups in total. The summed E-state index contributed by atoms with van der Waals surface area (Å²) in [6.45, 7) is 8.22. The maximum atomic E-state index is 13.4. The van der Waals surface area contributed by atoms with E-state index in [0.29, 0.717) is 5.92 Å². The molecule has 2 atom stereocenters. The van der Waals surface area contributed by atoms with Crippen LogP contribution in [0.2, 0.25) is 0 Å². The number of ketones is 2. The van der Waals surface area contributed by atoms with Crippen LogP contribution >= 0.6 is 0 Å². The normalized spacial score (nSPS) is 19.8. The first-order valence-corrected chi connectivity index (χ1v) is 12.7. The maximum absolute atomic E-state index is 13.4. The van der Waals surface area contributed by atoms with Crippen molar-refractivity contribution in [3.8, 4) is 0 Å². The van der Waals surface area contributed by atoms with Crippen LogP contribution in [-0.2, 0) is 0 Å². The van der Waals surface area contributed by atoms with Crippen molar-refractivity contribution in [1.29, 1.82) is 0 Å². The minimum Gasteiger partial charge on any atom is -0.289 e. The van der Waals surface area contributed by atoms with Crippen molar-refractivity contribution >= 4 is 11.6 Å². The van der Waals surface area contributed by atoms with E-state index < -0.39 is 59.3 Å². The lowest BCUT2D eigenvalue weighted by molar-refractivity contribution is 0.0973. The van der Waals surface area contributed by atoms with Crippen LogP contribution < -0.4 is 0 Å². The number of hydrogen-bond donors (Lipinski definition) is 0. The van der Waals surface area contributed by atoms with E-state index in [4.69, 9.17) is 9.60 Å². The molecule has 1 aromatic carbocycles. The van der Waals surface area contributed by atoms with Crippen LogP contribution in [0.1, 0.15) is 136 Å². The van der Waals surface area contributed by atoms with Gasteiger partial charge in [0.05, 0.1) is 5.48 Å². The van der Waals surface area contributed by atoms with Crippen LogP contribution in [0.5, 0.6) is 0 Å². The minimum absolute atomic E-state index is 0.0729. The predicted octanol–water partition coefficient (Wildman–Crippen LogP) is 9.16. The van der Waals surface area contributed by atoms with E-state index in [-0.39, 0.29) is 12.0 Å². The Morgan fingerprint density at radius 1 is 0.879 bits per heavy atom. The van der Waals surface area contributed by atoms with Gasteiger partial charge in [-0.05, 0) is 50.8 Å². The highest BCUT2D eigenvalue weighted by Crippen LogP contribution is 2.29. The van der Waals surface area contributed by atoms with E-state index in [1.165, 1.54) is 38.5 Å². The third-order valence-electron chi connectivity index (χ3n) is 6.74. The fourth-order valence-corrected chi connectivity index (χ4v) is 4.46. The molecule has 0 bridgehead atoms. The number of allylic oxidation sites excluding steroid dienone is 4. The summed E-state index contributed by atoms with van der Waals surface area (Å²) in [6.07, 6.45) is 12.2. The summed E-state index contributed by atoms with van der Waals surface area (Å²) in [6, 6.07) is -2.59. The van der Waals surface area contributed by atoms with Crippen LogP contribution in [-0.4, -0.2) is 11.6 Å². The monoisotopic (exact) mass is 457 g/mol. The van der Waals surface area contributed by atoms with Gasteiger partial charge in [-0.15, -0.1) is 0 Å². The Morgan fingerprint density at radius 3 is 2.00 bits per heavy atom. The molecule has 33 heavy (non-hydrogen) atoms. The lowest BCUT2D eigenvalue weighted by Gasteiger charge is -2.18. The predicted molar refractivity (Wildman–Crippen MR) is 141 cm³/mol. The Kier molecular flexibility index (Phi) is 7.62. The molecule has 2 unspecified atom stereocenters. The smallest absolute Gasteiger partial charge is 0.190 e. The van der Waals surface area contributed by atoms with Gasteiger partial charge in [0.1, 0.15) is 0 Å². The van der Waals surface area contributed by atoms with Gasteiger partial charge < -0.3 is 0 Å². The highest BCUT2D eigenvalue weighted by Gasteiger charge is 2.28. The van der Waals surface area contributed by atoms with Crippen LogP contribution in [0.25, 0.3) is 0 Å². The highest BCUT2D eigenvalue weighted by atomic mass is 16.1. The summed E-state index contributed by atoms with van der Waals surface area (Å²) >= 11 is 0. The van der Waals surface area contributed by atoms with Crippen LogP contribution in [0.15, 0.2) is 47.0 Å². The van der Waals surface area contributed by atoms with Crippen LogP contribution in [0.3, 0.4) is 0 Å². The van der Waals surface area contributed by atoms with Gasteiger partial charge in [0.25, 0.3) is 0 Å². The summed E-state index contributed by atoms with van der Waals surface area (Å²) < 4.78 is 55.7. The lowest BCUT2D eigenvalue weighted by Crippen LogP contribution is -2.20. The number of hydrogen-bond acceptors (Lipinski definition) is 2. The zero-order chi connectivity index (χ0) is 30.4. The topological polar surface area (TPSA) is 34.1 Å². The van der Waals surface area contributed by atoms with Crippen LogP contribution in [0.4, 0.5) is 0 Å². The summed E-state index contributed by atoms with van der Waals surface area (Å²) in [7, 11) is 0. The second-order valence-corrected chi connectivity index (χ2v) is 10.4. The number of Topliss-reactive ketones (excluding diaryl/α,β-unsaturated/α-hetero) is 2. The Hall–Kier alpha value is -1.96. The molecular formula is C31H46O2. The van der Waals surface area contributed by atoms with Gasteiger partial charge in [0, 0.05) is 26.4 Å². The molecular weight excluding hydrogens is 404 g/mol. The first kappa shape index (κ1) is 18.4. The molecule has 1 aromatic rings. The molecule has 2 heteroatoms. The number of carbonyl (C=O) groups is 2. The molecule has 0 fully saturated rings. The molecule has 0 saturated heterocycles. The summed E-state index contributed by atoms with van der Waals surface area (Å²) in [5, 5.41) is 0. The average Bonchev–Trinajstić information content (AvgIpc) is 2.85. The Bertz CT molecular complexity index is 1150. The Balaban J connectivity index is 2.02. The second kappa shape index (κ2) is 13.7. The van der Waals surface area contributed by atoms with Gasteiger partial charge in [0.15, 0.2) is 11.6 Å². The van der Waals surface area contributed by atoms with E-state index >= 15 is 0 Å². The van der Waals surface area contributed by atoms with Crippen molar-refractivity contribution in [2.75, 3.05) is 0 Å². The van der Waals surface area contributed by atoms with Crippen molar-refractivity contribution < 1.29 is 19.2 Å². The average molecular weight is 458 g/mol. The van der Waals surface area contributed by atoms with Crippen molar-refractivity contribution in [3.05, 3.63) is 58.1 Å². The minimum atomic E-state index is -2.89. The first-order chi connectivity index (χ1) is 18.6. The molecule has 182 valence electrons. The maximum Gasteiger partial charge on any atom is 0.190 e. The van der Waals surface area contributed by atoms with E-state index in [1.54, 1.807) is 6.08 Å². The fraction of sp³-hybridized carbons (Fsp3) is 0.613.